The average molecular weight is 308 g/mol. The van der Waals surface area contributed by atoms with Crippen LogP contribution in [-0.2, 0) is 4.79 Å². The number of hydrogen-bond donors (Lipinski definition) is 4. The lowest BCUT2D eigenvalue weighted by Gasteiger charge is -2.21. The molecule has 0 heterocycles. The van der Waals surface area contributed by atoms with Crippen molar-refractivity contribution in [1.82, 2.24) is 17.6 Å². The van der Waals surface area contributed by atoms with Crippen LogP contribution in [0.3, 0.4) is 0 Å². The zero-order valence-corrected chi connectivity index (χ0v) is 11.4. The summed E-state index contributed by atoms with van der Waals surface area (Å²) in [7, 11) is 0. The third-order valence-electron chi connectivity index (χ3n) is 1.76. The highest BCUT2D eigenvalue weighted by Crippen LogP contribution is 2.26. The first kappa shape index (κ1) is 24.1. The Hall–Kier alpha value is -0.370. The number of nitrogens with two attached hydrogens (primary N) is 1. The number of halogens is 2. The largest absolute Gasteiger partial charge is 0.351 e. The number of primary amides is 1. The van der Waals surface area contributed by atoms with Gasteiger partial charge < -0.3 is 18.0 Å². The van der Waals surface area contributed by atoms with Crippen LogP contribution < -0.4 is 23.4 Å². The fourth-order valence-corrected chi connectivity index (χ4v) is 0.894. The van der Waals surface area contributed by atoms with Gasteiger partial charge in [0.1, 0.15) is 4.32 Å². The molecule has 0 saturated carbocycles. The Bertz CT molecular complexity index is 199. The maximum Gasteiger partial charge on any atom is 0.318 e. The summed E-state index contributed by atoms with van der Waals surface area (Å²) >= 11 is 3.26. The van der Waals surface area contributed by atoms with Crippen LogP contribution in [0.4, 0.5) is 4.79 Å². The summed E-state index contributed by atoms with van der Waals surface area (Å²) in [4.78, 5) is 21.6. The Kier molecular flexibility index (Phi) is 16.3. The molecule has 0 aliphatic carbocycles. The van der Waals surface area contributed by atoms with E-state index in [9.17, 15) is 9.59 Å². The minimum absolute atomic E-state index is 0. The van der Waals surface area contributed by atoms with Crippen LogP contribution in [0.5, 0.6) is 0 Å². The van der Waals surface area contributed by atoms with Crippen molar-refractivity contribution >= 4 is 40.3 Å². The lowest BCUT2D eigenvalue weighted by molar-refractivity contribution is -0.122. The van der Waals surface area contributed by atoms with Crippen LogP contribution in [0.2, 0.25) is 0 Å². The van der Waals surface area contributed by atoms with Crippen molar-refractivity contribution in [2.75, 3.05) is 0 Å². The summed E-state index contributed by atoms with van der Waals surface area (Å²) in [6.45, 7) is 3.72. The Morgan fingerprint density at radius 2 is 1.60 bits per heavy atom. The van der Waals surface area contributed by atoms with E-state index >= 15 is 0 Å². The molecule has 3 amide bonds. The Balaban J connectivity index is -0.000000202. The van der Waals surface area contributed by atoms with E-state index in [1.165, 1.54) is 0 Å². The zero-order chi connectivity index (χ0) is 9.78. The van der Waals surface area contributed by atoms with E-state index in [1.807, 2.05) is 19.2 Å². The topological polar surface area (TPSA) is 142 Å². The normalized spacial score (nSPS) is 8.73. The van der Waals surface area contributed by atoms with Crippen molar-refractivity contribution in [3.63, 3.8) is 0 Å². The lowest BCUT2D eigenvalue weighted by Crippen LogP contribution is -2.46. The van der Waals surface area contributed by atoms with Crippen molar-refractivity contribution in [3.8, 4) is 0 Å². The van der Waals surface area contributed by atoms with Crippen molar-refractivity contribution in [2.45, 2.75) is 31.0 Å². The molecular formula is C7H20BrClN4O2. The highest BCUT2D eigenvalue weighted by atomic mass is 79.9. The van der Waals surface area contributed by atoms with Gasteiger partial charge in [0.25, 0.3) is 0 Å². The van der Waals surface area contributed by atoms with Gasteiger partial charge >= 0.3 is 6.03 Å². The van der Waals surface area contributed by atoms with E-state index in [0.717, 1.165) is 0 Å². The predicted molar refractivity (Wildman–Crippen MR) is 67.3 cm³/mol. The molecule has 0 rings (SSSR count). The summed E-state index contributed by atoms with van der Waals surface area (Å²) in [6, 6.07) is -0.814. The standard InChI is InChI=1S/C7H13BrN2O2.ClH.2H3N/c1-3-7(8,4-2)5(11)10-6(9)12;;;/h3-4H2,1-2H3,(H3,9,10,11,12);1H;2*1H3. The number of hydrogen-bond acceptors (Lipinski definition) is 4. The van der Waals surface area contributed by atoms with Gasteiger partial charge in [0, 0.05) is 0 Å². The van der Waals surface area contributed by atoms with Crippen LogP contribution in [0.1, 0.15) is 26.7 Å². The minimum Gasteiger partial charge on any atom is -0.351 e. The van der Waals surface area contributed by atoms with Crippen LogP contribution in [-0.4, -0.2) is 16.3 Å². The molecule has 0 atom stereocenters. The molecule has 8 heteroatoms. The number of nitrogens with one attached hydrogen (secondary N) is 1. The summed E-state index contributed by atoms with van der Waals surface area (Å²) in [6.07, 6.45) is 1.23. The summed E-state index contributed by atoms with van der Waals surface area (Å²) in [5.74, 6) is -0.375. The molecule has 15 heavy (non-hydrogen) atoms. The Labute approximate surface area is 104 Å². The second-order valence-corrected chi connectivity index (χ2v) is 4.01. The molecule has 0 fully saturated rings. The zero-order valence-electron chi connectivity index (χ0n) is 9.01. The quantitative estimate of drug-likeness (QED) is 0.590. The molecule has 9 N–H and O–H groups in total. The number of rotatable bonds is 3. The summed E-state index contributed by atoms with van der Waals surface area (Å²) < 4.78 is -0.665. The van der Waals surface area contributed by atoms with E-state index < -0.39 is 10.4 Å². The average Bonchev–Trinajstić information content (AvgIpc) is 2.02. The lowest BCUT2D eigenvalue weighted by atomic mass is 10.0. The maximum absolute atomic E-state index is 11.3. The molecule has 0 aromatic rings. The second-order valence-electron chi connectivity index (χ2n) is 2.49. The maximum atomic E-state index is 11.3. The Morgan fingerprint density at radius 1 is 1.27 bits per heavy atom. The van der Waals surface area contributed by atoms with Gasteiger partial charge in [-0.3, -0.25) is 10.1 Å². The molecule has 0 radical (unpaired) electrons. The molecule has 0 aromatic heterocycles. The van der Waals surface area contributed by atoms with Crippen molar-refractivity contribution < 1.29 is 9.59 Å². The molecule has 0 unspecified atom stereocenters. The van der Waals surface area contributed by atoms with Gasteiger partial charge in [0.05, 0.1) is 0 Å². The van der Waals surface area contributed by atoms with Gasteiger partial charge in [0.15, 0.2) is 0 Å². The van der Waals surface area contributed by atoms with Crippen LogP contribution >= 0.6 is 28.3 Å². The SMILES string of the molecule is CCC(Br)(CC)C(=O)NC(N)=O.Cl.N.N. The number of amides is 3. The van der Waals surface area contributed by atoms with Gasteiger partial charge in [0.2, 0.25) is 5.91 Å². The van der Waals surface area contributed by atoms with E-state index in [2.05, 4.69) is 15.9 Å². The fraction of sp³-hybridized carbons (Fsp3) is 0.714. The van der Waals surface area contributed by atoms with Crippen LogP contribution in [0.15, 0.2) is 0 Å². The van der Waals surface area contributed by atoms with Gasteiger partial charge in [-0.15, -0.1) is 12.4 Å². The molecule has 0 aromatic carbocycles. The van der Waals surface area contributed by atoms with Crippen molar-refractivity contribution in [3.05, 3.63) is 0 Å². The van der Waals surface area contributed by atoms with E-state index in [-0.39, 0.29) is 30.6 Å². The second kappa shape index (κ2) is 10.2. The molecule has 6 nitrogen and oxygen atoms in total. The fourth-order valence-electron chi connectivity index (χ4n) is 0.795. The third-order valence-corrected chi connectivity index (χ3v) is 3.25. The number of urea groups is 1. The molecule has 0 bridgehead atoms. The van der Waals surface area contributed by atoms with Crippen LogP contribution in [0, 0.1) is 0 Å². The van der Waals surface area contributed by atoms with Crippen molar-refractivity contribution in [2.24, 2.45) is 5.73 Å². The molecule has 0 spiro atoms. The first-order valence-electron chi connectivity index (χ1n) is 3.76. The number of alkyl halides is 1. The van der Waals surface area contributed by atoms with E-state index in [0.29, 0.717) is 12.8 Å². The molecular weight excluding hydrogens is 287 g/mol. The first-order chi connectivity index (χ1) is 5.46. The first-order valence-corrected chi connectivity index (χ1v) is 4.55. The minimum atomic E-state index is -0.814. The van der Waals surface area contributed by atoms with Gasteiger partial charge in [-0.05, 0) is 12.8 Å². The molecule has 94 valence electrons. The summed E-state index contributed by atoms with van der Waals surface area (Å²) in [5, 5.41) is 2.04. The van der Waals surface area contributed by atoms with Gasteiger partial charge in [-0.2, -0.15) is 0 Å². The smallest absolute Gasteiger partial charge is 0.318 e. The number of imide groups is 1. The highest BCUT2D eigenvalue weighted by molar-refractivity contribution is 9.10. The van der Waals surface area contributed by atoms with Crippen LogP contribution in [0.25, 0.3) is 0 Å². The molecule has 0 aliphatic rings. The van der Waals surface area contributed by atoms with E-state index in [1.54, 1.807) is 0 Å². The van der Waals surface area contributed by atoms with Crippen molar-refractivity contribution in [1.29, 1.82) is 0 Å². The third kappa shape index (κ3) is 7.55. The molecule has 0 aliphatic heterocycles. The highest BCUT2D eigenvalue weighted by Gasteiger charge is 2.32. The number of carbonyl (C=O) groups excluding carboxylic acids is 2. The molecule has 0 saturated heterocycles. The Morgan fingerprint density at radius 3 is 1.80 bits per heavy atom. The van der Waals surface area contributed by atoms with Gasteiger partial charge in [-0.25, -0.2) is 4.79 Å². The van der Waals surface area contributed by atoms with E-state index in [4.69, 9.17) is 5.73 Å². The monoisotopic (exact) mass is 306 g/mol. The summed E-state index contributed by atoms with van der Waals surface area (Å²) in [5.41, 5.74) is 4.81. The predicted octanol–water partition coefficient (Wildman–Crippen LogP) is 1.88. The number of carbonyl (C=O) groups is 2. The van der Waals surface area contributed by atoms with Gasteiger partial charge in [-0.1, -0.05) is 29.8 Å².